The largest absolute Gasteiger partial charge is 0.349 e. The Labute approximate surface area is 147 Å². The van der Waals surface area contributed by atoms with E-state index in [1.807, 2.05) is 23.1 Å². The zero-order valence-electron chi connectivity index (χ0n) is 14.3. The molecule has 25 heavy (non-hydrogen) atoms. The Morgan fingerprint density at radius 1 is 1.32 bits per heavy atom. The van der Waals surface area contributed by atoms with Crippen LogP contribution >= 0.6 is 0 Å². The summed E-state index contributed by atoms with van der Waals surface area (Å²) in [4.78, 5) is 33.4. The summed E-state index contributed by atoms with van der Waals surface area (Å²) < 4.78 is 0. The van der Waals surface area contributed by atoms with Gasteiger partial charge in [-0.25, -0.2) is 4.98 Å². The fraction of sp³-hybridized carbons (Fsp3) is 0.421. The molecule has 2 heterocycles. The number of aromatic nitrogens is 2. The summed E-state index contributed by atoms with van der Waals surface area (Å²) in [5.74, 6) is 0.754. The van der Waals surface area contributed by atoms with Gasteiger partial charge in [0.2, 0.25) is 11.8 Å². The molecule has 0 radical (unpaired) electrons. The zero-order valence-corrected chi connectivity index (χ0v) is 14.3. The summed E-state index contributed by atoms with van der Waals surface area (Å²) in [6.07, 6.45) is 6.32. The molecule has 1 fully saturated rings. The lowest BCUT2D eigenvalue weighted by atomic mass is 9.96. The smallest absolute Gasteiger partial charge is 0.225 e. The van der Waals surface area contributed by atoms with E-state index < -0.39 is 0 Å². The van der Waals surface area contributed by atoms with Crippen LogP contribution in [0.3, 0.4) is 0 Å². The number of hydrogen-bond acceptors (Lipinski definition) is 3. The normalized spacial score (nSPS) is 17.5. The number of likely N-dealkylation sites (tertiary alicyclic amines) is 1. The molecule has 2 N–H and O–H groups in total. The molecule has 1 atom stereocenters. The molecule has 2 aromatic rings. The van der Waals surface area contributed by atoms with Crippen LogP contribution in [0.15, 0.2) is 42.7 Å². The minimum Gasteiger partial charge on any atom is -0.349 e. The van der Waals surface area contributed by atoms with E-state index in [-0.39, 0.29) is 17.7 Å². The number of piperidine rings is 1. The summed E-state index contributed by atoms with van der Waals surface area (Å²) in [5.41, 5.74) is 1.28. The summed E-state index contributed by atoms with van der Waals surface area (Å²) in [5, 5.41) is 2.90. The van der Waals surface area contributed by atoms with Gasteiger partial charge in [-0.2, -0.15) is 0 Å². The first-order valence-corrected chi connectivity index (χ1v) is 8.80. The zero-order chi connectivity index (χ0) is 17.5. The molecule has 1 aromatic heterocycles. The maximum atomic E-state index is 12.4. The molecule has 1 aliphatic rings. The lowest BCUT2D eigenvalue weighted by molar-refractivity contribution is -0.138. The third-order valence-corrected chi connectivity index (χ3v) is 4.59. The second-order valence-electron chi connectivity index (χ2n) is 6.42. The van der Waals surface area contributed by atoms with Crippen LogP contribution in [0.2, 0.25) is 0 Å². The molecule has 3 rings (SSSR count). The van der Waals surface area contributed by atoms with Crippen molar-refractivity contribution in [2.45, 2.75) is 32.2 Å². The molecule has 0 bridgehead atoms. The minimum absolute atomic E-state index is 0.00282. The minimum atomic E-state index is -0.135. The number of hydrogen-bond donors (Lipinski definition) is 2. The van der Waals surface area contributed by atoms with E-state index in [0.717, 1.165) is 18.7 Å². The van der Waals surface area contributed by atoms with Crippen molar-refractivity contribution in [1.29, 1.82) is 0 Å². The molecule has 0 saturated carbocycles. The summed E-state index contributed by atoms with van der Waals surface area (Å²) in [7, 11) is 0. The van der Waals surface area contributed by atoms with Gasteiger partial charge in [-0.15, -0.1) is 0 Å². The van der Waals surface area contributed by atoms with Crippen LogP contribution in [0.5, 0.6) is 0 Å². The quantitative estimate of drug-likeness (QED) is 0.808. The first kappa shape index (κ1) is 17.2. The van der Waals surface area contributed by atoms with Gasteiger partial charge in [0.1, 0.15) is 5.82 Å². The van der Waals surface area contributed by atoms with Crippen LogP contribution in [0.4, 0.5) is 0 Å². The van der Waals surface area contributed by atoms with E-state index in [0.29, 0.717) is 32.5 Å². The van der Waals surface area contributed by atoms with E-state index in [4.69, 9.17) is 0 Å². The number of nitrogens with zero attached hydrogens (tertiary/aromatic N) is 2. The van der Waals surface area contributed by atoms with Gasteiger partial charge >= 0.3 is 0 Å². The highest BCUT2D eigenvalue weighted by atomic mass is 16.2. The maximum Gasteiger partial charge on any atom is 0.225 e. The Bertz CT molecular complexity index is 685. The fourth-order valence-corrected chi connectivity index (χ4v) is 3.17. The molecule has 1 unspecified atom stereocenters. The second kappa shape index (κ2) is 8.46. The number of carbonyl (C=O) groups excluding carboxylic acids is 2. The highest BCUT2D eigenvalue weighted by molar-refractivity contribution is 5.83. The Morgan fingerprint density at radius 3 is 2.92 bits per heavy atom. The molecule has 2 amide bonds. The second-order valence-corrected chi connectivity index (χ2v) is 6.42. The van der Waals surface area contributed by atoms with Gasteiger partial charge in [-0.3, -0.25) is 9.59 Å². The molecule has 0 spiro atoms. The van der Waals surface area contributed by atoms with Crippen molar-refractivity contribution in [3.63, 3.8) is 0 Å². The number of amides is 2. The molecule has 1 aliphatic heterocycles. The summed E-state index contributed by atoms with van der Waals surface area (Å²) in [6, 6.07) is 10.3. The van der Waals surface area contributed by atoms with Crippen LogP contribution in [0, 0.1) is 5.92 Å². The monoisotopic (exact) mass is 340 g/mol. The number of benzene rings is 1. The standard InChI is InChI=1S/C19H24N4O2/c24-18-9-8-16(19(25)22-13-17-20-10-11-21-17)14-23(18)12-4-7-15-5-2-1-3-6-15/h1-3,5-6,10-11,16H,4,7-9,12-14H2,(H,20,21)(H,22,25). The number of imidazole rings is 1. The lowest BCUT2D eigenvalue weighted by Crippen LogP contribution is -2.46. The first-order valence-electron chi connectivity index (χ1n) is 8.80. The van der Waals surface area contributed by atoms with E-state index in [1.165, 1.54) is 5.56 Å². The highest BCUT2D eigenvalue weighted by Crippen LogP contribution is 2.18. The molecule has 132 valence electrons. The van der Waals surface area contributed by atoms with Crippen molar-refractivity contribution in [3.8, 4) is 0 Å². The molecule has 6 heteroatoms. The SMILES string of the molecule is O=C(NCc1ncc[nH]1)C1CCC(=O)N(CCCc2ccccc2)C1. The predicted molar refractivity (Wildman–Crippen MR) is 94.5 cm³/mol. The molecule has 1 saturated heterocycles. The topological polar surface area (TPSA) is 78.1 Å². The summed E-state index contributed by atoms with van der Waals surface area (Å²) in [6.45, 7) is 1.61. The van der Waals surface area contributed by atoms with Crippen LogP contribution in [0.1, 0.15) is 30.7 Å². The van der Waals surface area contributed by atoms with Crippen molar-refractivity contribution in [2.75, 3.05) is 13.1 Å². The number of rotatable bonds is 7. The van der Waals surface area contributed by atoms with E-state index in [1.54, 1.807) is 12.4 Å². The van der Waals surface area contributed by atoms with Crippen LogP contribution < -0.4 is 5.32 Å². The van der Waals surface area contributed by atoms with Crippen molar-refractivity contribution < 1.29 is 9.59 Å². The third kappa shape index (κ3) is 4.92. The van der Waals surface area contributed by atoms with Crippen LogP contribution in [-0.2, 0) is 22.6 Å². The number of carbonyl (C=O) groups is 2. The number of aryl methyl sites for hydroxylation is 1. The molecular formula is C19H24N4O2. The van der Waals surface area contributed by atoms with Crippen LogP contribution in [-0.4, -0.2) is 39.8 Å². The van der Waals surface area contributed by atoms with E-state index >= 15 is 0 Å². The molecule has 0 aliphatic carbocycles. The van der Waals surface area contributed by atoms with Gasteiger partial charge in [0, 0.05) is 31.9 Å². The number of nitrogens with one attached hydrogen (secondary N) is 2. The van der Waals surface area contributed by atoms with Gasteiger partial charge in [0.25, 0.3) is 0 Å². The van der Waals surface area contributed by atoms with Gasteiger partial charge in [0.05, 0.1) is 12.5 Å². The van der Waals surface area contributed by atoms with Crippen LogP contribution in [0.25, 0.3) is 0 Å². The Hall–Kier alpha value is -2.63. The number of aromatic amines is 1. The highest BCUT2D eigenvalue weighted by Gasteiger charge is 2.29. The maximum absolute atomic E-state index is 12.4. The van der Waals surface area contributed by atoms with E-state index in [9.17, 15) is 9.59 Å². The van der Waals surface area contributed by atoms with Crippen molar-refractivity contribution in [1.82, 2.24) is 20.2 Å². The average Bonchev–Trinajstić information content (AvgIpc) is 3.16. The van der Waals surface area contributed by atoms with Crippen molar-refractivity contribution >= 4 is 11.8 Å². The molecule has 1 aromatic carbocycles. The van der Waals surface area contributed by atoms with Gasteiger partial charge < -0.3 is 15.2 Å². The van der Waals surface area contributed by atoms with Gasteiger partial charge in [0.15, 0.2) is 0 Å². The Kier molecular flexibility index (Phi) is 5.82. The number of H-pyrrole nitrogens is 1. The fourth-order valence-electron chi connectivity index (χ4n) is 3.17. The predicted octanol–water partition coefficient (Wildman–Crippen LogP) is 1.90. The molecular weight excluding hydrogens is 316 g/mol. The van der Waals surface area contributed by atoms with E-state index in [2.05, 4.69) is 27.4 Å². The van der Waals surface area contributed by atoms with Gasteiger partial charge in [-0.1, -0.05) is 30.3 Å². The Morgan fingerprint density at radius 2 is 2.16 bits per heavy atom. The van der Waals surface area contributed by atoms with Crippen molar-refractivity contribution in [3.05, 3.63) is 54.1 Å². The van der Waals surface area contributed by atoms with Crippen molar-refractivity contribution in [2.24, 2.45) is 5.92 Å². The molecule has 6 nitrogen and oxygen atoms in total. The van der Waals surface area contributed by atoms with Gasteiger partial charge in [-0.05, 0) is 24.8 Å². The lowest BCUT2D eigenvalue weighted by Gasteiger charge is -2.32. The first-order chi connectivity index (χ1) is 12.2. The average molecular weight is 340 g/mol. The Balaban J connectivity index is 1.45. The third-order valence-electron chi connectivity index (χ3n) is 4.59. The summed E-state index contributed by atoms with van der Waals surface area (Å²) >= 11 is 0.